The van der Waals surface area contributed by atoms with Gasteiger partial charge >= 0.3 is 0 Å². The molecule has 0 saturated heterocycles. The standard InChI is InChI=1S/C13H23N/c1-3-4-5-6-7-10-13(2)14-11-8-9-12-14/h8-9,11-13H,3-7,10H2,1-2H3. The molecule has 0 amide bonds. The normalized spacial score (nSPS) is 13.0. The van der Waals surface area contributed by atoms with Crippen molar-refractivity contribution in [1.29, 1.82) is 0 Å². The molecule has 0 aliphatic heterocycles. The minimum absolute atomic E-state index is 0.673. The zero-order chi connectivity index (χ0) is 10.2. The topological polar surface area (TPSA) is 4.93 Å². The lowest BCUT2D eigenvalue weighted by Gasteiger charge is -2.13. The van der Waals surface area contributed by atoms with Crippen LogP contribution >= 0.6 is 0 Å². The molecule has 0 aliphatic rings. The molecule has 0 spiro atoms. The van der Waals surface area contributed by atoms with Crippen molar-refractivity contribution in [2.45, 2.75) is 58.4 Å². The predicted octanol–water partition coefficient (Wildman–Crippen LogP) is 4.41. The molecule has 80 valence electrons. The van der Waals surface area contributed by atoms with Gasteiger partial charge in [0.1, 0.15) is 0 Å². The van der Waals surface area contributed by atoms with Crippen LogP contribution in [0.4, 0.5) is 0 Å². The van der Waals surface area contributed by atoms with Gasteiger partial charge in [-0.15, -0.1) is 0 Å². The number of rotatable bonds is 7. The van der Waals surface area contributed by atoms with Gasteiger partial charge in [-0.25, -0.2) is 0 Å². The Labute approximate surface area is 88.1 Å². The van der Waals surface area contributed by atoms with Crippen molar-refractivity contribution in [2.75, 3.05) is 0 Å². The molecule has 1 aromatic heterocycles. The Bertz CT molecular complexity index is 213. The molecule has 1 nitrogen and oxygen atoms in total. The molecule has 0 aromatic carbocycles. The van der Waals surface area contributed by atoms with E-state index in [9.17, 15) is 0 Å². The highest BCUT2D eigenvalue weighted by atomic mass is 15.0. The van der Waals surface area contributed by atoms with Gasteiger partial charge < -0.3 is 4.57 Å². The zero-order valence-corrected chi connectivity index (χ0v) is 9.58. The summed E-state index contributed by atoms with van der Waals surface area (Å²) in [4.78, 5) is 0. The van der Waals surface area contributed by atoms with Crippen LogP contribution in [0, 0.1) is 0 Å². The molecule has 0 radical (unpaired) electrons. The summed E-state index contributed by atoms with van der Waals surface area (Å²) in [7, 11) is 0. The van der Waals surface area contributed by atoms with Crippen LogP contribution in [0.5, 0.6) is 0 Å². The average Bonchev–Trinajstić information content (AvgIpc) is 2.70. The third kappa shape index (κ3) is 3.99. The summed E-state index contributed by atoms with van der Waals surface area (Å²) in [6.07, 6.45) is 12.6. The SMILES string of the molecule is CCCCCCCC(C)n1cccc1. The second kappa shape index (κ2) is 6.69. The van der Waals surface area contributed by atoms with E-state index >= 15 is 0 Å². The van der Waals surface area contributed by atoms with E-state index in [2.05, 4.69) is 42.9 Å². The molecule has 14 heavy (non-hydrogen) atoms. The van der Waals surface area contributed by atoms with Crippen LogP contribution in [0.15, 0.2) is 24.5 Å². The fraction of sp³-hybridized carbons (Fsp3) is 0.692. The lowest BCUT2D eigenvalue weighted by molar-refractivity contribution is 0.471. The lowest BCUT2D eigenvalue weighted by atomic mass is 10.1. The summed E-state index contributed by atoms with van der Waals surface area (Å²) in [5.74, 6) is 0. The van der Waals surface area contributed by atoms with E-state index in [-0.39, 0.29) is 0 Å². The third-order valence-corrected chi connectivity index (χ3v) is 2.86. The summed E-state index contributed by atoms with van der Waals surface area (Å²) in [6.45, 7) is 4.57. The third-order valence-electron chi connectivity index (χ3n) is 2.86. The molecule has 0 fully saturated rings. The predicted molar refractivity (Wildman–Crippen MR) is 62.5 cm³/mol. The first kappa shape index (κ1) is 11.4. The first-order chi connectivity index (χ1) is 6.84. The van der Waals surface area contributed by atoms with Crippen LogP contribution in [0.1, 0.15) is 58.4 Å². The number of hydrogen-bond acceptors (Lipinski definition) is 0. The summed E-state index contributed by atoms with van der Waals surface area (Å²) >= 11 is 0. The number of hydrogen-bond donors (Lipinski definition) is 0. The maximum absolute atomic E-state index is 2.31. The van der Waals surface area contributed by atoms with Gasteiger partial charge in [-0.1, -0.05) is 39.0 Å². The largest absolute Gasteiger partial charge is 0.352 e. The Hall–Kier alpha value is -0.720. The highest BCUT2D eigenvalue weighted by Gasteiger charge is 2.01. The van der Waals surface area contributed by atoms with Gasteiger partial charge in [-0.3, -0.25) is 0 Å². The van der Waals surface area contributed by atoms with E-state index in [0.29, 0.717) is 6.04 Å². The molecular weight excluding hydrogens is 170 g/mol. The van der Waals surface area contributed by atoms with Gasteiger partial charge in [0, 0.05) is 18.4 Å². The van der Waals surface area contributed by atoms with Crippen LogP contribution in [-0.2, 0) is 0 Å². The van der Waals surface area contributed by atoms with Crippen molar-refractivity contribution in [2.24, 2.45) is 0 Å². The van der Waals surface area contributed by atoms with E-state index in [4.69, 9.17) is 0 Å². The van der Waals surface area contributed by atoms with Crippen molar-refractivity contribution in [1.82, 2.24) is 4.57 Å². The molecule has 1 rings (SSSR count). The summed E-state index contributed by atoms with van der Waals surface area (Å²) < 4.78 is 2.31. The number of unbranched alkanes of at least 4 members (excludes halogenated alkanes) is 4. The van der Waals surface area contributed by atoms with Crippen molar-refractivity contribution in [3.8, 4) is 0 Å². The first-order valence-corrected chi connectivity index (χ1v) is 5.97. The molecule has 1 atom stereocenters. The minimum Gasteiger partial charge on any atom is -0.352 e. The van der Waals surface area contributed by atoms with Crippen LogP contribution in [-0.4, -0.2) is 4.57 Å². The fourth-order valence-corrected chi connectivity index (χ4v) is 1.83. The van der Waals surface area contributed by atoms with Crippen molar-refractivity contribution >= 4 is 0 Å². The second-order valence-corrected chi connectivity index (χ2v) is 4.18. The Morgan fingerprint density at radius 2 is 1.64 bits per heavy atom. The van der Waals surface area contributed by atoms with Crippen LogP contribution in [0.3, 0.4) is 0 Å². The van der Waals surface area contributed by atoms with Crippen LogP contribution in [0.2, 0.25) is 0 Å². The van der Waals surface area contributed by atoms with Gasteiger partial charge in [0.2, 0.25) is 0 Å². The first-order valence-electron chi connectivity index (χ1n) is 5.97. The number of aromatic nitrogens is 1. The smallest absolute Gasteiger partial charge is 0.0302 e. The number of nitrogens with zero attached hydrogens (tertiary/aromatic N) is 1. The van der Waals surface area contributed by atoms with Crippen molar-refractivity contribution < 1.29 is 0 Å². The Morgan fingerprint density at radius 1 is 1.00 bits per heavy atom. The van der Waals surface area contributed by atoms with Crippen molar-refractivity contribution in [3.05, 3.63) is 24.5 Å². The van der Waals surface area contributed by atoms with E-state index < -0.39 is 0 Å². The molecule has 0 aliphatic carbocycles. The fourth-order valence-electron chi connectivity index (χ4n) is 1.83. The van der Waals surface area contributed by atoms with E-state index in [1.807, 2.05) is 0 Å². The van der Waals surface area contributed by atoms with E-state index in [1.165, 1.54) is 38.5 Å². The monoisotopic (exact) mass is 193 g/mol. The maximum Gasteiger partial charge on any atom is 0.0302 e. The highest BCUT2D eigenvalue weighted by Crippen LogP contribution is 2.15. The Kier molecular flexibility index (Phi) is 5.43. The maximum atomic E-state index is 2.31. The van der Waals surface area contributed by atoms with Crippen molar-refractivity contribution in [3.63, 3.8) is 0 Å². The van der Waals surface area contributed by atoms with E-state index in [0.717, 1.165) is 0 Å². The van der Waals surface area contributed by atoms with Crippen LogP contribution < -0.4 is 0 Å². The summed E-state index contributed by atoms with van der Waals surface area (Å²) in [6, 6.07) is 4.88. The van der Waals surface area contributed by atoms with Crippen LogP contribution in [0.25, 0.3) is 0 Å². The Morgan fingerprint density at radius 3 is 2.29 bits per heavy atom. The zero-order valence-electron chi connectivity index (χ0n) is 9.58. The van der Waals surface area contributed by atoms with Gasteiger partial charge in [0.25, 0.3) is 0 Å². The average molecular weight is 193 g/mol. The molecule has 1 aromatic rings. The highest BCUT2D eigenvalue weighted by molar-refractivity contribution is 4.92. The Balaban J connectivity index is 2.07. The van der Waals surface area contributed by atoms with Gasteiger partial charge in [-0.05, 0) is 25.5 Å². The summed E-state index contributed by atoms with van der Waals surface area (Å²) in [5, 5.41) is 0. The quantitative estimate of drug-likeness (QED) is 0.565. The molecule has 0 bridgehead atoms. The minimum atomic E-state index is 0.673. The van der Waals surface area contributed by atoms with Gasteiger partial charge in [-0.2, -0.15) is 0 Å². The summed E-state index contributed by atoms with van der Waals surface area (Å²) in [5.41, 5.74) is 0. The van der Waals surface area contributed by atoms with E-state index in [1.54, 1.807) is 0 Å². The molecule has 0 N–H and O–H groups in total. The molecular formula is C13H23N. The molecule has 1 heteroatoms. The second-order valence-electron chi connectivity index (χ2n) is 4.18. The van der Waals surface area contributed by atoms with Gasteiger partial charge in [0.05, 0.1) is 0 Å². The molecule has 0 saturated carbocycles. The molecule has 1 heterocycles. The van der Waals surface area contributed by atoms with Gasteiger partial charge in [0.15, 0.2) is 0 Å². The lowest BCUT2D eigenvalue weighted by Crippen LogP contribution is -2.01. The molecule has 1 unspecified atom stereocenters.